The van der Waals surface area contributed by atoms with Crippen molar-refractivity contribution >= 4 is 11.7 Å². The molecule has 25 heavy (non-hydrogen) atoms. The summed E-state index contributed by atoms with van der Waals surface area (Å²) >= 11 is 0. The highest BCUT2D eigenvalue weighted by molar-refractivity contribution is 5.95. The van der Waals surface area contributed by atoms with Gasteiger partial charge in [0.1, 0.15) is 11.7 Å². The van der Waals surface area contributed by atoms with Crippen molar-refractivity contribution in [3.05, 3.63) is 63.7 Å². The van der Waals surface area contributed by atoms with Crippen molar-refractivity contribution in [2.24, 2.45) is 0 Å². The second-order valence-electron chi connectivity index (χ2n) is 5.17. The fourth-order valence-electron chi connectivity index (χ4n) is 2.31. The Kier molecular flexibility index (Phi) is 5.94. The van der Waals surface area contributed by atoms with Gasteiger partial charge in [0.15, 0.2) is 11.5 Å². The first kappa shape index (κ1) is 18.3. The fourth-order valence-corrected chi connectivity index (χ4v) is 2.31. The van der Waals surface area contributed by atoms with Crippen molar-refractivity contribution in [2.75, 3.05) is 13.7 Å². The zero-order valence-corrected chi connectivity index (χ0v) is 14.2. The molecule has 0 radical (unpaired) electrons. The minimum atomic E-state index is -0.801. The Hall–Kier alpha value is -3.09. The summed E-state index contributed by atoms with van der Waals surface area (Å²) in [5, 5.41) is 11.3. The van der Waals surface area contributed by atoms with Gasteiger partial charge in [-0.25, -0.2) is 4.79 Å². The molecule has 0 aliphatic carbocycles. The van der Waals surface area contributed by atoms with Crippen molar-refractivity contribution < 1.29 is 23.9 Å². The molecular formula is C18H19NO6. The lowest BCUT2D eigenvalue weighted by molar-refractivity contribution is -0.385. The summed E-state index contributed by atoms with van der Waals surface area (Å²) in [4.78, 5) is 23.2. The van der Waals surface area contributed by atoms with Crippen LogP contribution in [0.1, 0.15) is 35.9 Å². The largest absolute Gasteiger partial charge is 0.493 e. The summed E-state index contributed by atoms with van der Waals surface area (Å²) in [7, 11) is 1.39. The molecule has 132 valence electrons. The van der Waals surface area contributed by atoms with Crippen molar-refractivity contribution in [3.63, 3.8) is 0 Å². The zero-order valence-electron chi connectivity index (χ0n) is 14.2. The molecule has 0 saturated carbocycles. The van der Waals surface area contributed by atoms with E-state index in [1.54, 1.807) is 13.8 Å². The molecule has 0 fully saturated rings. The molecular weight excluding hydrogens is 326 g/mol. The summed E-state index contributed by atoms with van der Waals surface area (Å²) < 4.78 is 15.9. The molecule has 7 nitrogen and oxygen atoms in total. The predicted molar refractivity (Wildman–Crippen MR) is 91.1 cm³/mol. The first-order valence-electron chi connectivity index (χ1n) is 7.73. The van der Waals surface area contributed by atoms with E-state index in [2.05, 4.69) is 0 Å². The lowest BCUT2D eigenvalue weighted by atomic mass is 10.1. The van der Waals surface area contributed by atoms with Gasteiger partial charge in [0, 0.05) is 6.07 Å². The Balaban J connectivity index is 2.35. The maximum atomic E-state index is 12.5. The van der Waals surface area contributed by atoms with Crippen molar-refractivity contribution in [2.45, 2.75) is 20.0 Å². The number of nitro groups is 1. The number of nitrogens with zero attached hydrogens (tertiary/aromatic N) is 1. The van der Waals surface area contributed by atoms with Gasteiger partial charge in [-0.15, -0.1) is 0 Å². The smallest absolute Gasteiger partial charge is 0.345 e. The van der Waals surface area contributed by atoms with E-state index in [0.29, 0.717) is 6.61 Å². The van der Waals surface area contributed by atoms with E-state index in [0.717, 1.165) is 5.56 Å². The molecule has 0 spiro atoms. The van der Waals surface area contributed by atoms with Gasteiger partial charge in [-0.2, -0.15) is 0 Å². The summed E-state index contributed by atoms with van der Waals surface area (Å²) in [6.07, 6.45) is -0.550. The number of carbonyl (C=O) groups is 1. The summed E-state index contributed by atoms with van der Waals surface area (Å²) in [6, 6.07) is 11.6. The van der Waals surface area contributed by atoms with Crippen LogP contribution in [-0.2, 0) is 4.74 Å². The molecule has 0 aromatic heterocycles. The molecule has 0 aliphatic heterocycles. The van der Waals surface area contributed by atoms with E-state index in [1.807, 2.05) is 30.3 Å². The Morgan fingerprint density at radius 3 is 2.44 bits per heavy atom. The van der Waals surface area contributed by atoms with E-state index < -0.39 is 22.7 Å². The molecule has 0 N–H and O–H groups in total. The second-order valence-corrected chi connectivity index (χ2v) is 5.17. The van der Waals surface area contributed by atoms with Gasteiger partial charge >= 0.3 is 5.97 Å². The van der Waals surface area contributed by atoms with Gasteiger partial charge in [-0.3, -0.25) is 10.1 Å². The van der Waals surface area contributed by atoms with Crippen LogP contribution in [0.2, 0.25) is 0 Å². The number of benzene rings is 2. The maximum absolute atomic E-state index is 12.5. The standard InChI is InChI=1S/C18H19NO6/c1-4-24-17-11-15(19(21)22)14(10-16(17)23-3)18(20)25-12(2)13-8-6-5-7-9-13/h5-12H,4H2,1-3H3/t12-/m0/s1. The number of hydrogen-bond acceptors (Lipinski definition) is 6. The van der Waals surface area contributed by atoms with E-state index in [9.17, 15) is 14.9 Å². The first-order valence-corrected chi connectivity index (χ1v) is 7.73. The average Bonchev–Trinajstić information content (AvgIpc) is 2.62. The number of nitro benzene ring substituents is 1. The Bertz CT molecular complexity index is 760. The highest BCUT2D eigenvalue weighted by atomic mass is 16.6. The monoisotopic (exact) mass is 345 g/mol. The number of rotatable bonds is 7. The second kappa shape index (κ2) is 8.14. The first-order chi connectivity index (χ1) is 12.0. The van der Waals surface area contributed by atoms with Gasteiger partial charge in [-0.1, -0.05) is 30.3 Å². The van der Waals surface area contributed by atoms with Gasteiger partial charge in [0.25, 0.3) is 5.69 Å². The molecule has 0 amide bonds. The third kappa shape index (κ3) is 4.26. The minimum absolute atomic E-state index is 0.187. The van der Waals surface area contributed by atoms with Crippen molar-refractivity contribution in [1.29, 1.82) is 0 Å². The van der Waals surface area contributed by atoms with Crippen LogP contribution in [0.15, 0.2) is 42.5 Å². The number of ether oxygens (including phenoxy) is 3. The van der Waals surface area contributed by atoms with Gasteiger partial charge in [0.2, 0.25) is 0 Å². The third-order valence-electron chi connectivity index (χ3n) is 3.55. The van der Waals surface area contributed by atoms with Crippen LogP contribution in [0, 0.1) is 10.1 Å². The van der Waals surface area contributed by atoms with E-state index in [1.165, 1.54) is 19.2 Å². The lowest BCUT2D eigenvalue weighted by Gasteiger charge is -2.15. The Labute approximate surface area is 145 Å². The van der Waals surface area contributed by atoms with Crippen LogP contribution >= 0.6 is 0 Å². The number of methoxy groups -OCH3 is 1. The summed E-state index contributed by atoms with van der Waals surface area (Å²) in [5.41, 5.74) is 0.207. The Morgan fingerprint density at radius 2 is 1.88 bits per heavy atom. The van der Waals surface area contributed by atoms with E-state index in [4.69, 9.17) is 14.2 Å². The van der Waals surface area contributed by atoms with Crippen LogP contribution in [0.5, 0.6) is 11.5 Å². The quantitative estimate of drug-likeness (QED) is 0.429. The number of carbonyl (C=O) groups excluding carboxylic acids is 1. The SMILES string of the molecule is CCOc1cc([N+](=O)[O-])c(C(=O)O[C@@H](C)c2ccccc2)cc1OC. The van der Waals surface area contributed by atoms with Crippen molar-refractivity contribution in [3.8, 4) is 11.5 Å². The van der Waals surface area contributed by atoms with Crippen LogP contribution < -0.4 is 9.47 Å². The number of hydrogen-bond donors (Lipinski definition) is 0. The molecule has 2 aromatic carbocycles. The minimum Gasteiger partial charge on any atom is -0.493 e. The van der Waals surface area contributed by atoms with Crippen LogP contribution in [0.25, 0.3) is 0 Å². The zero-order chi connectivity index (χ0) is 18.4. The molecule has 0 saturated heterocycles. The van der Waals surface area contributed by atoms with Crippen LogP contribution in [0.4, 0.5) is 5.69 Å². The van der Waals surface area contributed by atoms with Crippen molar-refractivity contribution in [1.82, 2.24) is 0 Å². The number of esters is 1. The van der Waals surface area contributed by atoms with Gasteiger partial charge in [-0.05, 0) is 19.4 Å². The highest BCUT2D eigenvalue weighted by Crippen LogP contribution is 2.35. The molecule has 0 aliphatic rings. The van der Waals surface area contributed by atoms with Crippen LogP contribution in [-0.4, -0.2) is 24.6 Å². The van der Waals surface area contributed by atoms with Crippen LogP contribution in [0.3, 0.4) is 0 Å². The molecule has 1 atom stereocenters. The normalized spacial score (nSPS) is 11.5. The predicted octanol–water partition coefficient (Wildman–Crippen LogP) is 3.92. The lowest BCUT2D eigenvalue weighted by Crippen LogP contribution is -2.12. The molecule has 2 aromatic rings. The highest BCUT2D eigenvalue weighted by Gasteiger charge is 2.27. The molecule has 2 rings (SSSR count). The van der Waals surface area contributed by atoms with Gasteiger partial charge < -0.3 is 14.2 Å². The molecule has 7 heteroatoms. The summed E-state index contributed by atoms with van der Waals surface area (Å²) in [6.45, 7) is 3.75. The maximum Gasteiger partial charge on any atom is 0.345 e. The summed E-state index contributed by atoms with van der Waals surface area (Å²) in [5.74, 6) is -0.375. The topological polar surface area (TPSA) is 87.9 Å². The van der Waals surface area contributed by atoms with E-state index >= 15 is 0 Å². The Morgan fingerprint density at radius 1 is 1.20 bits per heavy atom. The van der Waals surface area contributed by atoms with E-state index in [-0.39, 0.29) is 17.1 Å². The molecule has 0 bridgehead atoms. The van der Waals surface area contributed by atoms with Gasteiger partial charge in [0.05, 0.1) is 24.7 Å². The third-order valence-corrected chi connectivity index (χ3v) is 3.55. The molecule has 0 heterocycles. The fraction of sp³-hybridized carbons (Fsp3) is 0.278. The average molecular weight is 345 g/mol. The molecule has 0 unspecified atom stereocenters.